The number of nitrogens with zero attached hydrogens (tertiary/aromatic N) is 1. The van der Waals surface area contributed by atoms with E-state index < -0.39 is 0 Å². The van der Waals surface area contributed by atoms with E-state index in [1.807, 2.05) is 4.90 Å². The lowest BCUT2D eigenvalue weighted by atomic mass is 10.1. The third kappa shape index (κ3) is 2.61. The summed E-state index contributed by atoms with van der Waals surface area (Å²) in [5, 5.41) is 0. The first-order chi connectivity index (χ1) is 7.66. The van der Waals surface area contributed by atoms with Gasteiger partial charge in [0.1, 0.15) is 5.82 Å². The van der Waals surface area contributed by atoms with Gasteiger partial charge in [0.2, 0.25) is 5.91 Å². The molecule has 0 radical (unpaired) electrons. The Bertz CT molecular complexity index is 402. The summed E-state index contributed by atoms with van der Waals surface area (Å²) in [4.78, 5) is 13.7. The van der Waals surface area contributed by atoms with Gasteiger partial charge in [-0.2, -0.15) is 0 Å². The summed E-state index contributed by atoms with van der Waals surface area (Å²) in [5.74, 6) is -0.158. The maximum absolute atomic E-state index is 12.9. The molecule has 86 valence electrons. The van der Waals surface area contributed by atoms with E-state index in [1.165, 1.54) is 12.1 Å². The fourth-order valence-electron chi connectivity index (χ4n) is 1.91. The molecule has 1 heterocycles. The van der Waals surface area contributed by atoms with E-state index in [4.69, 9.17) is 0 Å². The Kier molecular flexibility index (Phi) is 3.59. The molecular weight excluding hydrogens is 273 g/mol. The van der Waals surface area contributed by atoms with Crippen LogP contribution in [0.25, 0.3) is 0 Å². The maximum Gasteiger partial charge on any atom is 0.227 e. The molecule has 0 atom stereocenters. The summed E-state index contributed by atoms with van der Waals surface area (Å²) in [6, 6.07) is 4.44. The highest BCUT2D eigenvalue weighted by molar-refractivity contribution is 9.10. The van der Waals surface area contributed by atoms with Crippen LogP contribution in [0, 0.1) is 5.82 Å². The van der Waals surface area contributed by atoms with E-state index >= 15 is 0 Å². The molecule has 1 fully saturated rings. The van der Waals surface area contributed by atoms with E-state index in [0.717, 1.165) is 31.5 Å². The normalized spacial score (nSPS) is 15.5. The van der Waals surface area contributed by atoms with Crippen LogP contribution in [0.1, 0.15) is 18.4 Å². The van der Waals surface area contributed by atoms with Gasteiger partial charge in [-0.3, -0.25) is 4.79 Å². The minimum atomic E-state index is -0.288. The van der Waals surface area contributed by atoms with Crippen molar-refractivity contribution in [1.82, 2.24) is 4.90 Å². The minimum absolute atomic E-state index is 0.129. The second kappa shape index (κ2) is 4.95. The van der Waals surface area contributed by atoms with E-state index in [-0.39, 0.29) is 11.7 Å². The first-order valence-corrected chi connectivity index (χ1v) is 6.18. The molecule has 1 amide bonds. The van der Waals surface area contributed by atoms with Gasteiger partial charge < -0.3 is 4.90 Å². The number of benzene rings is 1. The molecule has 1 saturated heterocycles. The molecule has 0 spiro atoms. The Morgan fingerprint density at radius 3 is 2.69 bits per heavy atom. The van der Waals surface area contributed by atoms with Crippen molar-refractivity contribution in [2.24, 2.45) is 0 Å². The van der Waals surface area contributed by atoms with Gasteiger partial charge in [0, 0.05) is 17.6 Å². The van der Waals surface area contributed by atoms with Gasteiger partial charge in [-0.25, -0.2) is 4.39 Å². The zero-order valence-electron chi connectivity index (χ0n) is 8.88. The molecule has 0 saturated carbocycles. The lowest BCUT2D eigenvalue weighted by molar-refractivity contribution is -0.129. The molecule has 0 N–H and O–H groups in total. The van der Waals surface area contributed by atoms with Crippen LogP contribution in [0.5, 0.6) is 0 Å². The molecule has 1 aliphatic rings. The van der Waals surface area contributed by atoms with Crippen molar-refractivity contribution >= 4 is 21.8 Å². The number of rotatable bonds is 2. The first kappa shape index (κ1) is 11.6. The second-order valence-corrected chi connectivity index (χ2v) is 4.85. The van der Waals surface area contributed by atoms with Crippen LogP contribution >= 0.6 is 15.9 Å². The number of halogens is 2. The Labute approximate surface area is 103 Å². The second-order valence-electron chi connectivity index (χ2n) is 4.00. The van der Waals surface area contributed by atoms with Gasteiger partial charge in [-0.05, 0) is 30.5 Å². The van der Waals surface area contributed by atoms with Gasteiger partial charge in [-0.15, -0.1) is 0 Å². The maximum atomic E-state index is 12.9. The summed E-state index contributed by atoms with van der Waals surface area (Å²) in [6.45, 7) is 1.72. The summed E-state index contributed by atoms with van der Waals surface area (Å²) in [7, 11) is 0. The molecule has 0 aliphatic carbocycles. The molecule has 0 aromatic heterocycles. The predicted molar refractivity (Wildman–Crippen MR) is 63.6 cm³/mol. The molecule has 4 heteroatoms. The van der Waals surface area contributed by atoms with Gasteiger partial charge in [0.05, 0.1) is 6.42 Å². The zero-order chi connectivity index (χ0) is 11.5. The fraction of sp³-hybridized carbons (Fsp3) is 0.417. The van der Waals surface area contributed by atoms with Crippen molar-refractivity contribution in [3.63, 3.8) is 0 Å². The van der Waals surface area contributed by atoms with Gasteiger partial charge in [-0.1, -0.05) is 22.0 Å². The summed E-state index contributed by atoms with van der Waals surface area (Å²) in [6.07, 6.45) is 2.54. The standard InChI is InChI=1S/C12H13BrFNO/c13-11-8-10(14)4-3-9(11)7-12(16)15-5-1-2-6-15/h3-4,8H,1-2,5-7H2. The van der Waals surface area contributed by atoms with Gasteiger partial charge in [0.25, 0.3) is 0 Å². The molecule has 2 nitrogen and oxygen atoms in total. The Morgan fingerprint density at radius 2 is 2.06 bits per heavy atom. The average molecular weight is 286 g/mol. The van der Waals surface area contributed by atoms with E-state index in [2.05, 4.69) is 15.9 Å². The lowest BCUT2D eigenvalue weighted by Crippen LogP contribution is -2.29. The van der Waals surface area contributed by atoms with Crippen molar-refractivity contribution in [1.29, 1.82) is 0 Å². The van der Waals surface area contributed by atoms with E-state index in [9.17, 15) is 9.18 Å². The van der Waals surface area contributed by atoms with Crippen LogP contribution in [0.4, 0.5) is 4.39 Å². The zero-order valence-corrected chi connectivity index (χ0v) is 10.5. The molecule has 16 heavy (non-hydrogen) atoms. The average Bonchev–Trinajstić information content (AvgIpc) is 2.75. The van der Waals surface area contributed by atoms with Crippen molar-refractivity contribution in [3.05, 3.63) is 34.1 Å². The summed E-state index contributed by atoms with van der Waals surface area (Å²) >= 11 is 3.27. The Hall–Kier alpha value is -0.900. The smallest absolute Gasteiger partial charge is 0.227 e. The summed E-state index contributed by atoms with van der Waals surface area (Å²) < 4.78 is 13.5. The van der Waals surface area contributed by atoms with Crippen LogP contribution < -0.4 is 0 Å². The highest BCUT2D eigenvalue weighted by atomic mass is 79.9. The topological polar surface area (TPSA) is 20.3 Å². The van der Waals surface area contributed by atoms with Crippen molar-refractivity contribution in [2.75, 3.05) is 13.1 Å². The monoisotopic (exact) mass is 285 g/mol. The predicted octanol–water partition coefficient (Wildman–Crippen LogP) is 2.75. The molecule has 1 aromatic rings. The number of amides is 1. The molecule has 1 aromatic carbocycles. The van der Waals surface area contributed by atoms with Crippen molar-refractivity contribution in [2.45, 2.75) is 19.3 Å². The Balaban J connectivity index is 2.05. The molecule has 1 aliphatic heterocycles. The highest BCUT2D eigenvalue weighted by Crippen LogP contribution is 2.20. The van der Waals surface area contributed by atoms with Crippen LogP contribution in [0.3, 0.4) is 0 Å². The lowest BCUT2D eigenvalue weighted by Gasteiger charge is -2.15. The molecule has 0 bridgehead atoms. The van der Waals surface area contributed by atoms with Gasteiger partial charge >= 0.3 is 0 Å². The molecule has 0 unspecified atom stereocenters. The van der Waals surface area contributed by atoms with Crippen LogP contribution in [-0.4, -0.2) is 23.9 Å². The number of carbonyl (C=O) groups excluding carboxylic acids is 1. The van der Waals surface area contributed by atoms with Crippen molar-refractivity contribution < 1.29 is 9.18 Å². The number of hydrogen-bond acceptors (Lipinski definition) is 1. The van der Waals surface area contributed by atoms with E-state index in [1.54, 1.807) is 6.07 Å². The van der Waals surface area contributed by atoms with E-state index in [0.29, 0.717) is 10.9 Å². The third-order valence-corrected chi connectivity index (χ3v) is 3.55. The quantitative estimate of drug-likeness (QED) is 0.818. The van der Waals surface area contributed by atoms with Crippen LogP contribution in [-0.2, 0) is 11.2 Å². The largest absolute Gasteiger partial charge is 0.342 e. The first-order valence-electron chi connectivity index (χ1n) is 5.38. The van der Waals surface area contributed by atoms with Gasteiger partial charge in [0.15, 0.2) is 0 Å². The third-order valence-electron chi connectivity index (χ3n) is 2.82. The number of likely N-dealkylation sites (tertiary alicyclic amines) is 1. The SMILES string of the molecule is O=C(Cc1ccc(F)cc1Br)N1CCCC1. The summed E-state index contributed by atoms with van der Waals surface area (Å²) in [5.41, 5.74) is 0.846. The number of hydrogen-bond donors (Lipinski definition) is 0. The van der Waals surface area contributed by atoms with Crippen LogP contribution in [0.15, 0.2) is 22.7 Å². The minimum Gasteiger partial charge on any atom is -0.342 e. The van der Waals surface area contributed by atoms with Crippen molar-refractivity contribution in [3.8, 4) is 0 Å². The molecule has 2 rings (SSSR count). The number of carbonyl (C=O) groups is 1. The molecular formula is C12H13BrFNO. The Morgan fingerprint density at radius 1 is 1.38 bits per heavy atom. The highest BCUT2D eigenvalue weighted by Gasteiger charge is 2.18. The fourth-order valence-corrected chi connectivity index (χ4v) is 2.40. The van der Waals surface area contributed by atoms with Crippen LogP contribution in [0.2, 0.25) is 0 Å².